The van der Waals surface area contributed by atoms with Crippen molar-refractivity contribution in [2.45, 2.75) is 31.7 Å². The second kappa shape index (κ2) is 5.08. The molecule has 1 aliphatic rings. The van der Waals surface area contributed by atoms with Crippen LogP contribution in [0.2, 0.25) is 0 Å². The van der Waals surface area contributed by atoms with Crippen LogP contribution in [0.5, 0.6) is 0 Å². The highest BCUT2D eigenvalue weighted by molar-refractivity contribution is 8.06. The molecular formula is C12H22N2S. The van der Waals surface area contributed by atoms with Crippen molar-refractivity contribution < 1.29 is 0 Å². The van der Waals surface area contributed by atoms with Crippen molar-refractivity contribution in [3.05, 3.63) is 24.6 Å². The fourth-order valence-electron chi connectivity index (χ4n) is 1.48. The van der Waals surface area contributed by atoms with E-state index in [1.54, 1.807) is 0 Å². The van der Waals surface area contributed by atoms with Crippen LogP contribution in [0.1, 0.15) is 20.3 Å². The van der Waals surface area contributed by atoms with Crippen molar-refractivity contribution in [1.82, 2.24) is 9.80 Å². The zero-order valence-electron chi connectivity index (χ0n) is 10.3. The van der Waals surface area contributed by atoms with Crippen LogP contribution < -0.4 is 0 Å². The summed E-state index contributed by atoms with van der Waals surface area (Å²) in [5, 5.41) is 0.694. The van der Waals surface area contributed by atoms with E-state index in [-0.39, 0.29) is 0 Å². The number of rotatable bonds is 6. The van der Waals surface area contributed by atoms with Gasteiger partial charge in [-0.05, 0) is 20.4 Å². The first-order valence-corrected chi connectivity index (χ1v) is 6.47. The summed E-state index contributed by atoms with van der Waals surface area (Å²) < 4.78 is 0. The van der Waals surface area contributed by atoms with Crippen LogP contribution in [0, 0.1) is 0 Å². The summed E-state index contributed by atoms with van der Waals surface area (Å²) in [4.78, 5) is 4.50. The predicted octanol–water partition coefficient (Wildman–Crippen LogP) is 2.75. The summed E-state index contributed by atoms with van der Waals surface area (Å²) in [6, 6.07) is 0.387. The molecule has 86 valence electrons. The third kappa shape index (κ3) is 3.02. The van der Waals surface area contributed by atoms with Crippen LogP contribution in [0.25, 0.3) is 0 Å². The second-order valence-electron chi connectivity index (χ2n) is 4.10. The highest BCUT2D eigenvalue weighted by Gasteiger charge is 2.31. The first kappa shape index (κ1) is 12.7. The topological polar surface area (TPSA) is 6.48 Å². The third-order valence-electron chi connectivity index (χ3n) is 3.18. The van der Waals surface area contributed by atoms with E-state index in [0.29, 0.717) is 11.4 Å². The lowest BCUT2D eigenvalue weighted by Gasteiger charge is -2.32. The maximum Gasteiger partial charge on any atom is 0.0653 e. The van der Waals surface area contributed by atoms with Gasteiger partial charge in [0.2, 0.25) is 0 Å². The van der Waals surface area contributed by atoms with Gasteiger partial charge >= 0.3 is 0 Å². The predicted molar refractivity (Wildman–Crippen MR) is 69.8 cm³/mol. The molecule has 2 unspecified atom stereocenters. The zero-order valence-corrected chi connectivity index (χ0v) is 11.1. The number of likely N-dealkylation sites (N-methyl/N-ethyl adjacent to an activating group) is 2. The van der Waals surface area contributed by atoms with Crippen LogP contribution in [0.15, 0.2) is 24.6 Å². The fourth-order valence-corrected chi connectivity index (χ4v) is 2.22. The monoisotopic (exact) mass is 226 g/mol. The smallest absolute Gasteiger partial charge is 0.0653 e. The normalized spacial score (nSPS) is 21.3. The molecule has 1 aliphatic heterocycles. The van der Waals surface area contributed by atoms with Gasteiger partial charge in [-0.2, -0.15) is 0 Å². The van der Waals surface area contributed by atoms with Crippen LogP contribution in [0.4, 0.5) is 0 Å². The van der Waals surface area contributed by atoms with Gasteiger partial charge in [0.25, 0.3) is 0 Å². The van der Waals surface area contributed by atoms with Gasteiger partial charge in [0, 0.05) is 30.2 Å². The Hall–Kier alpha value is -0.410. The molecule has 0 bridgehead atoms. The zero-order chi connectivity index (χ0) is 11.6. The molecule has 0 aromatic rings. The van der Waals surface area contributed by atoms with E-state index >= 15 is 0 Å². The summed E-state index contributed by atoms with van der Waals surface area (Å²) in [5.74, 6) is 1.26. The summed E-state index contributed by atoms with van der Waals surface area (Å²) in [6.07, 6.45) is 0.976. The van der Waals surface area contributed by atoms with Gasteiger partial charge in [-0.15, -0.1) is 11.8 Å². The molecule has 0 amide bonds. The Labute approximate surface area is 98.0 Å². The lowest BCUT2D eigenvalue weighted by Crippen LogP contribution is -2.37. The first-order chi connectivity index (χ1) is 6.99. The number of thioether (sulfide) groups is 1. The molecule has 0 saturated carbocycles. The van der Waals surface area contributed by atoms with Crippen LogP contribution >= 0.6 is 11.8 Å². The Morgan fingerprint density at radius 3 is 2.40 bits per heavy atom. The molecule has 1 fully saturated rings. The van der Waals surface area contributed by atoms with Crippen LogP contribution in [0.3, 0.4) is 0 Å². The molecule has 1 saturated heterocycles. The Kier molecular flexibility index (Phi) is 4.29. The first-order valence-electron chi connectivity index (χ1n) is 5.42. The van der Waals surface area contributed by atoms with Gasteiger partial charge < -0.3 is 4.90 Å². The summed E-state index contributed by atoms with van der Waals surface area (Å²) in [5.41, 5.74) is 2.26. The standard InChI is InChI=1S/C12H22N2S/c1-7-9(2)13(5)10(3)11(4)14(6)12-8-15-12/h11-12H,2-3,7-8H2,1,4-6H3. The number of hydrogen-bond acceptors (Lipinski definition) is 3. The number of allylic oxidation sites excluding steroid dienone is 1. The van der Waals surface area contributed by atoms with Gasteiger partial charge in [0.1, 0.15) is 0 Å². The highest BCUT2D eigenvalue weighted by atomic mass is 32.2. The molecule has 0 aromatic heterocycles. The molecule has 1 heterocycles. The minimum atomic E-state index is 0.387. The molecule has 3 heteroatoms. The minimum absolute atomic E-state index is 0.387. The van der Waals surface area contributed by atoms with Crippen molar-refractivity contribution in [2.24, 2.45) is 0 Å². The highest BCUT2D eigenvalue weighted by Crippen LogP contribution is 2.35. The Morgan fingerprint density at radius 2 is 2.00 bits per heavy atom. The van der Waals surface area contributed by atoms with E-state index in [9.17, 15) is 0 Å². The van der Waals surface area contributed by atoms with E-state index in [4.69, 9.17) is 0 Å². The van der Waals surface area contributed by atoms with Crippen molar-refractivity contribution in [3.63, 3.8) is 0 Å². The van der Waals surface area contributed by atoms with Gasteiger partial charge in [0.15, 0.2) is 0 Å². The third-order valence-corrected chi connectivity index (χ3v) is 4.14. The Morgan fingerprint density at radius 1 is 1.47 bits per heavy atom. The van der Waals surface area contributed by atoms with Crippen molar-refractivity contribution in [3.8, 4) is 0 Å². The van der Waals surface area contributed by atoms with Gasteiger partial charge in [0.05, 0.1) is 5.37 Å². The molecule has 15 heavy (non-hydrogen) atoms. The van der Waals surface area contributed by atoms with Crippen molar-refractivity contribution >= 4 is 11.8 Å². The van der Waals surface area contributed by atoms with Crippen LogP contribution in [-0.2, 0) is 0 Å². The Bertz CT molecular complexity index is 258. The molecule has 2 nitrogen and oxygen atoms in total. The van der Waals surface area contributed by atoms with Gasteiger partial charge in [-0.25, -0.2) is 0 Å². The fraction of sp³-hybridized carbons (Fsp3) is 0.667. The van der Waals surface area contributed by atoms with Crippen LogP contribution in [-0.4, -0.2) is 41.1 Å². The number of nitrogens with zero attached hydrogens (tertiary/aromatic N) is 2. The maximum absolute atomic E-state index is 4.17. The van der Waals surface area contributed by atoms with Crippen molar-refractivity contribution in [2.75, 3.05) is 19.8 Å². The molecule has 0 aliphatic carbocycles. The molecule has 0 N–H and O–H groups in total. The van der Waals surface area contributed by atoms with E-state index < -0.39 is 0 Å². The van der Waals surface area contributed by atoms with Gasteiger partial charge in [-0.3, -0.25) is 4.90 Å². The quantitative estimate of drug-likeness (QED) is 0.643. The summed E-state index contributed by atoms with van der Waals surface area (Å²) in [6.45, 7) is 12.5. The summed E-state index contributed by atoms with van der Waals surface area (Å²) in [7, 11) is 4.22. The van der Waals surface area contributed by atoms with E-state index in [2.05, 4.69) is 50.9 Å². The molecule has 0 spiro atoms. The summed E-state index contributed by atoms with van der Waals surface area (Å²) >= 11 is 1.99. The molecule has 1 rings (SSSR count). The van der Waals surface area contributed by atoms with E-state index in [1.165, 1.54) is 5.75 Å². The number of hydrogen-bond donors (Lipinski definition) is 0. The van der Waals surface area contributed by atoms with E-state index in [0.717, 1.165) is 17.8 Å². The largest absolute Gasteiger partial charge is 0.351 e. The minimum Gasteiger partial charge on any atom is -0.351 e. The lowest BCUT2D eigenvalue weighted by molar-refractivity contribution is 0.263. The van der Waals surface area contributed by atoms with Crippen molar-refractivity contribution in [1.29, 1.82) is 0 Å². The second-order valence-corrected chi connectivity index (χ2v) is 5.31. The SMILES string of the molecule is C=C(CC)N(C)C(=C)C(C)N(C)C1CS1. The molecule has 0 aromatic carbocycles. The van der Waals surface area contributed by atoms with Gasteiger partial charge in [-0.1, -0.05) is 20.1 Å². The molecular weight excluding hydrogens is 204 g/mol. The van der Waals surface area contributed by atoms with E-state index in [1.807, 2.05) is 11.8 Å². The lowest BCUT2D eigenvalue weighted by atomic mass is 10.2. The Balaban J connectivity index is 2.54. The average Bonchev–Trinajstić information content (AvgIpc) is 3.07. The molecule has 0 radical (unpaired) electrons. The average molecular weight is 226 g/mol. The maximum atomic E-state index is 4.17. The molecule has 2 atom stereocenters.